The Morgan fingerprint density at radius 2 is 1.83 bits per heavy atom. The molecule has 41 heavy (non-hydrogen) atoms. The lowest BCUT2D eigenvalue weighted by molar-refractivity contribution is -0.127. The minimum atomic E-state index is -2.46. The van der Waals surface area contributed by atoms with Crippen LogP contribution in [0.4, 0.5) is 5.69 Å². The number of hydrogen-bond acceptors (Lipinski definition) is 9. The maximum Gasteiger partial charge on any atom is 0.233 e. The predicted molar refractivity (Wildman–Crippen MR) is 156 cm³/mol. The first kappa shape index (κ1) is 27.5. The molecule has 1 saturated heterocycles. The number of nitrogens with zero attached hydrogens (tertiary/aromatic N) is 6. The Bertz CT molecular complexity index is 1440. The van der Waals surface area contributed by atoms with Crippen LogP contribution in [0, 0.1) is 17.2 Å². The molecule has 2 atom stereocenters. The average Bonchev–Trinajstić information content (AvgIpc) is 3.63. The van der Waals surface area contributed by atoms with Gasteiger partial charge in [0.15, 0.2) is 5.82 Å². The van der Waals surface area contributed by atoms with Crippen molar-refractivity contribution in [2.45, 2.75) is 50.0 Å². The number of methoxy groups -OCH3 is 1. The fourth-order valence-electron chi connectivity index (χ4n) is 5.87. The fraction of sp³-hybridized carbons (Fsp3) is 0.483. The second-order valence-electron chi connectivity index (χ2n) is 11.2. The number of rotatable bonds is 7. The highest BCUT2D eigenvalue weighted by Crippen LogP contribution is 2.44. The molecule has 0 spiro atoms. The second-order valence-corrected chi connectivity index (χ2v) is 13.7. The van der Waals surface area contributed by atoms with Crippen molar-refractivity contribution in [2.24, 2.45) is 5.92 Å². The fourth-order valence-corrected chi connectivity index (χ4v) is 7.10. The topological polar surface area (TPSA) is 149 Å². The highest BCUT2D eigenvalue weighted by Gasteiger charge is 2.47. The largest absolute Gasteiger partial charge is 0.480 e. The molecule has 3 heterocycles. The third-order valence-electron chi connectivity index (χ3n) is 8.51. The highest BCUT2D eigenvalue weighted by molar-refractivity contribution is 8.24. The van der Waals surface area contributed by atoms with Gasteiger partial charge >= 0.3 is 0 Å². The minimum absolute atomic E-state index is 0.0649. The van der Waals surface area contributed by atoms with E-state index in [2.05, 4.69) is 50.7 Å². The van der Waals surface area contributed by atoms with Gasteiger partial charge in [0.05, 0.1) is 30.4 Å². The maximum absolute atomic E-state index is 13.5. The molecule has 0 radical (unpaired) electrons. The van der Waals surface area contributed by atoms with E-state index in [0.717, 1.165) is 48.2 Å². The lowest BCUT2D eigenvalue weighted by Crippen LogP contribution is -2.42. The number of nitrogens with one attached hydrogen (secondary N) is 1. The van der Waals surface area contributed by atoms with Crippen molar-refractivity contribution >= 4 is 22.2 Å². The number of carbonyl (C=O) groups excluding carboxylic acids is 1. The van der Waals surface area contributed by atoms with E-state index in [-0.39, 0.29) is 17.7 Å². The third-order valence-corrected chi connectivity index (χ3v) is 10.2. The van der Waals surface area contributed by atoms with Crippen LogP contribution in [-0.2, 0) is 4.79 Å². The van der Waals surface area contributed by atoms with Gasteiger partial charge in [-0.25, -0.2) is 4.68 Å². The zero-order chi connectivity index (χ0) is 28.6. The van der Waals surface area contributed by atoms with E-state index in [1.54, 1.807) is 23.9 Å². The first-order chi connectivity index (χ1) is 19.8. The summed E-state index contributed by atoms with van der Waals surface area (Å²) in [4.78, 5) is 15.7. The van der Waals surface area contributed by atoms with Gasteiger partial charge in [-0.15, -0.1) is 10.2 Å². The lowest BCUT2D eigenvalue weighted by Gasteiger charge is -2.41. The van der Waals surface area contributed by atoms with Crippen molar-refractivity contribution in [1.82, 2.24) is 25.3 Å². The molecule has 2 aliphatic carbocycles. The first-order valence-corrected chi connectivity index (χ1v) is 16.0. The summed E-state index contributed by atoms with van der Waals surface area (Å²) >= 11 is 0. The molecule has 0 unspecified atom stereocenters. The van der Waals surface area contributed by atoms with Gasteiger partial charge in [-0.2, -0.15) is 21.0 Å². The van der Waals surface area contributed by atoms with E-state index in [4.69, 9.17) is 9.84 Å². The molecule has 2 aromatic heterocycles. The van der Waals surface area contributed by atoms with Gasteiger partial charge in [0.1, 0.15) is 5.54 Å². The molecular weight excluding hydrogens is 542 g/mol. The number of hydrogen-bond donors (Lipinski definition) is 3. The molecule has 12 heteroatoms. The van der Waals surface area contributed by atoms with Crippen molar-refractivity contribution in [3.8, 4) is 28.9 Å². The van der Waals surface area contributed by atoms with Crippen molar-refractivity contribution in [1.29, 1.82) is 5.26 Å². The number of nitriles is 1. The summed E-state index contributed by atoms with van der Waals surface area (Å²) < 4.78 is 26.9. The van der Waals surface area contributed by atoms with E-state index in [0.29, 0.717) is 49.1 Å². The van der Waals surface area contributed by atoms with Gasteiger partial charge in [0.25, 0.3) is 0 Å². The Labute approximate surface area is 240 Å². The number of carbonyl (C=O) groups is 1. The maximum atomic E-state index is 13.5. The van der Waals surface area contributed by atoms with Crippen LogP contribution in [0.5, 0.6) is 5.88 Å². The van der Waals surface area contributed by atoms with Crippen molar-refractivity contribution in [3.05, 3.63) is 48.3 Å². The molecule has 216 valence electrons. The van der Waals surface area contributed by atoms with Crippen LogP contribution in [0.25, 0.3) is 16.9 Å². The summed E-state index contributed by atoms with van der Waals surface area (Å²) in [5, 5.41) is 26.0. The highest BCUT2D eigenvalue weighted by atomic mass is 32.3. The Hall–Kier alpha value is -3.66. The summed E-state index contributed by atoms with van der Waals surface area (Å²) in [7, 11) is -0.924. The number of aromatic nitrogens is 4. The number of amides is 1. The molecule has 3 aromatic rings. The number of anilines is 1. The monoisotopic (exact) mass is 577 g/mol. The van der Waals surface area contributed by atoms with Crippen molar-refractivity contribution in [2.75, 3.05) is 36.6 Å². The van der Waals surface area contributed by atoms with E-state index in [9.17, 15) is 19.2 Å². The third kappa shape index (κ3) is 5.75. The summed E-state index contributed by atoms with van der Waals surface area (Å²) in [5.74, 6) is 1.27. The van der Waals surface area contributed by atoms with Crippen LogP contribution in [0.2, 0.25) is 0 Å². The van der Waals surface area contributed by atoms with Crippen LogP contribution in [0.15, 0.2) is 42.6 Å². The summed E-state index contributed by atoms with van der Waals surface area (Å²) in [6, 6.07) is 14.0. The summed E-state index contributed by atoms with van der Waals surface area (Å²) in [6.07, 6.45) is 6.88. The van der Waals surface area contributed by atoms with E-state index in [1.165, 1.54) is 0 Å². The Kier molecular flexibility index (Phi) is 7.36. The number of benzene rings is 1. The quantitative estimate of drug-likeness (QED) is 0.372. The van der Waals surface area contributed by atoms with Crippen LogP contribution < -0.4 is 15.0 Å². The zero-order valence-corrected chi connectivity index (χ0v) is 23.9. The second kappa shape index (κ2) is 11.0. The SMILES string of the molecule is COc1ccc(-n2cc(-c3ccc(N4CCS(O)(O)CC4)cc3)c([C@@H]3CCCC[C@H]3C(=O)NC3(C#N)CC3)n2)nn1. The molecule has 3 N–H and O–H groups in total. The van der Waals surface area contributed by atoms with Gasteiger partial charge in [-0.1, -0.05) is 25.0 Å². The first-order valence-electron chi connectivity index (χ1n) is 14.1. The molecule has 1 amide bonds. The van der Waals surface area contributed by atoms with Crippen LogP contribution >= 0.6 is 10.6 Å². The predicted octanol–water partition coefficient (Wildman–Crippen LogP) is 4.35. The van der Waals surface area contributed by atoms with Crippen molar-refractivity contribution in [3.63, 3.8) is 0 Å². The average molecular weight is 578 g/mol. The van der Waals surface area contributed by atoms with Crippen LogP contribution in [-0.4, -0.2) is 72.2 Å². The van der Waals surface area contributed by atoms with Gasteiger partial charge in [0.2, 0.25) is 11.8 Å². The van der Waals surface area contributed by atoms with E-state index < -0.39 is 16.1 Å². The molecule has 3 fully saturated rings. The lowest BCUT2D eigenvalue weighted by atomic mass is 9.75. The normalized spacial score (nSPS) is 23.7. The molecule has 0 bridgehead atoms. The Morgan fingerprint density at radius 3 is 2.46 bits per heavy atom. The van der Waals surface area contributed by atoms with Gasteiger partial charge in [0, 0.05) is 48.4 Å². The Balaban J connectivity index is 1.34. The number of ether oxygens (including phenoxy) is 1. The van der Waals surface area contributed by atoms with Crippen LogP contribution in [0.1, 0.15) is 50.1 Å². The molecular formula is C29H35N7O4S. The van der Waals surface area contributed by atoms with Gasteiger partial charge in [-0.05, 0) is 49.4 Å². The summed E-state index contributed by atoms with van der Waals surface area (Å²) in [5.41, 5.74) is 3.05. The smallest absolute Gasteiger partial charge is 0.233 e. The minimum Gasteiger partial charge on any atom is -0.480 e. The van der Waals surface area contributed by atoms with E-state index in [1.807, 2.05) is 6.20 Å². The molecule has 2 saturated carbocycles. The molecule has 1 aromatic carbocycles. The zero-order valence-electron chi connectivity index (χ0n) is 23.1. The Morgan fingerprint density at radius 1 is 1.10 bits per heavy atom. The van der Waals surface area contributed by atoms with Gasteiger partial charge < -0.3 is 15.0 Å². The molecule has 1 aliphatic heterocycles. The van der Waals surface area contributed by atoms with Crippen LogP contribution in [0.3, 0.4) is 0 Å². The standard InChI is InChI=1S/C29H35N7O4S/c1-40-26-11-10-25(32-33-26)36-18-24(20-6-8-21(9-7-20)35-14-16-41(38,39)17-15-35)27(34-36)22-4-2-3-5-23(22)28(37)31-29(19-30)12-13-29/h6-11,18,22-23,38-39H,2-5,12-17H2,1H3,(H,31,37)/t22-,23-/m1/s1. The molecule has 3 aliphatic rings. The molecule has 6 rings (SSSR count). The van der Waals surface area contributed by atoms with Crippen molar-refractivity contribution < 1.29 is 18.6 Å². The summed E-state index contributed by atoms with van der Waals surface area (Å²) in [6.45, 7) is 1.20. The van der Waals surface area contributed by atoms with Gasteiger partial charge in [-0.3, -0.25) is 13.9 Å². The molecule has 11 nitrogen and oxygen atoms in total. The van der Waals surface area contributed by atoms with E-state index >= 15 is 0 Å².